The molecule has 0 fully saturated rings. The zero-order valence-electron chi connectivity index (χ0n) is 9.53. The Hall–Kier alpha value is -1.07. The van der Waals surface area contributed by atoms with Gasteiger partial charge in [0.25, 0.3) is 0 Å². The zero-order valence-corrected chi connectivity index (χ0v) is 11.2. The smallest absolute Gasteiger partial charge is 0.339 e. The number of benzene rings is 1. The summed E-state index contributed by atoms with van der Waals surface area (Å²) in [6.07, 6.45) is 0. The van der Waals surface area contributed by atoms with Crippen LogP contribution in [-0.2, 0) is 21.2 Å². The molecule has 0 aliphatic carbocycles. The van der Waals surface area contributed by atoms with Crippen molar-refractivity contribution in [3.05, 3.63) is 33.8 Å². The normalized spacial score (nSPS) is 10.6. The Labute approximate surface area is 106 Å². The van der Waals surface area contributed by atoms with Crippen LogP contribution in [0.3, 0.4) is 0 Å². The number of carbonyl (C=O) groups is 1. The maximum Gasteiger partial charge on any atom is 0.339 e. The lowest BCUT2D eigenvalue weighted by atomic mass is 10.1. The highest BCUT2D eigenvalue weighted by molar-refractivity contribution is 7.71. The number of ether oxygens (including phenoxy) is 1. The van der Waals surface area contributed by atoms with Gasteiger partial charge >= 0.3 is 5.97 Å². The van der Waals surface area contributed by atoms with Crippen LogP contribution in [0.4, 0.5) is 0 Å². The summed E-state index contributed by atoms with van der Waals surface area (Å²) in [5, 5.41) is 0.248. The molecule has 94 valence electrons. The highest BCUT2D eigenvalue weighted by atomic mass is 35.5. The fourth-order valence-corrected chi connectivity index (χ4v) is 2.28. The van der Waals surface area contributed by atoms with Gasteiger partial charge in [-0.15, -0.1) is 0 Å². The van der Waals surface area contributed by atoms with Crippen molar-refractivity contribution < 1.29 is 17.9 Å². The first-order valence-corrected chi connectivity index (χ1v) is 6.78. The fourth-order valence-electron chi connectivity index (χ4n) is 1.40. The Morgan fingerprint density at radius 2 is 2.06 bits per heavy atom. The molecule has 0 aliphatic heterocycles. The molecule has 0 heterocycles. The number of hydrogen-bond donors (Lipinski definition) is 1. The molecule has 1 aromatic rings. The summed E-state index contributed by atoms with van der Waals surface area (Å²) in [6.45, 7) is 3.65. The average Bonchev–Trinajstić information content (AvgIpc) is 2.24. The zero-order chi connectivity index (χ0) is 13.0. The fraction of sp³-hybridized carbons (Fsp3) is 0.364. The monoisotopic (exact) mass is 276 g/mol. The molecule has 0 amide bonds. The van der Waals surface area contributed by atoms with Crippen LogP contribution in [0.5, 0.6) is 0 Å². The predicted molar refractivity (Wildman–Crippen MR) is 66.2 cm³/mol. The largest absolute Gasteiger partial charge is 0.462 e. The van der Waals surface area contributed by atoms with Crippen LogP contribution < -0.4 is 0 Å². The molecule has 0 saturated heterocycles. The number of hydrogen-bond acceptors (Lipinski definition) is 4. The molecule has 17 heavy (non-hydrogen) atoms. The van der Waals surface area contributed by atoms with Gasteiger partial charge in [0.1, 0.15) is 10.7 Å². The van der Waals surface area contributed by atoms with Gasteiger partial charge < -0.3 is 4.74 Å². The molecule has 0 aliphatic rings. The highest BCUT2D eigenvalue weighted by Gasteiger charge is 2.15. The van der Waals surface area contributed by atoms with Gasteiger partial charge in [-0.1, -0.05) is 17.7 Å². The molecule has 0 spiro atoms. The van der Waals surface area contributed by atoms with Gasteiger partial charge in [-0.05, 0) is 31.0 Å². The van der Waals surface area contributed by atoms with E-state index in [2.05, 4.69) is 0 Å². The molecule has 0 aromatic heterocycles. The summed E-state index contributed by atoms with van der Waals surface area (Å²) < 4.78 is 26.2. The molecular formula is C11H13ClO4S. The number of halogens is 1. The first kappa shape index (κ1) is 14.0. The number of esters is 1. The van der Waals surface area contributed by atoms with Crippen LogP contribution in [0.25, 0.3) is 0 Å². The second-order valence-corrected chi connectivity index (χ2v) is 4.78. The Kier molecular flexibility index (Phi) is 4.96. The molecule has 6 heteroatoms. The maximum atomic E-state index is 11.5. The molecule has 1 rings (SSSR count). The summed E-state index contributed by atoms with van der Waals surface area (Å²) in [4.78, 5) is 11.5. The SMILES string of the molecule is CCOC(=O)c1ccc(C[SH](=O)=O)c(C)c1Cl. The van der Waals surface area contributed by atoms with Crippen LogP contribution in [-0.4, -0.2) is 21.0 Å². The van der Waals surface area contributed by atoms with E-state index in [0.29, 0.717) is 11.1 Å². The van der Waals surface area contributed by atoms with Crippen molar-refractivity contribution in [2.75, 3.05) is 6.61 Å². The van der Waals surface area contributed by atoms with E-state index in [-0.39, 0.29) is 22.9 Å². The van der Waals surface area contributed by atoms with Gasteiger partial charge in [0.2, 0.25) is 0 Å². The third-order valence-corrected chi connectivity index (χ3v) is 3.38. The number of rotatable bonds is 4. The second kappa shape index (κ2) is 6.02. The van der Waals surface area contributed by atoms with E-state index in [9.17, 15) is 13.2 Å². The van der Waals surface area contributed by atoms with Gasteiger partial charge in [-0.25, -0.2) is 13.2 Å². The number of thiol groups is 1. The Morgan fingerprint density at radius 1 is 1.41 bits per heavy atom. The Morgan fingerprint density at radius 3 is 2.59 bits per heavy atom. The summed E-state index contributed by atoms with van der Waals surface area (Å²) in [7, 11) is -2.51. The summed E-state index contributed by atoms with van der Waals surface area (Å²) in [6, 6.07) is 3.07. The lowest BCUT2D eigenvalue weighted by Gasteiger charge is -2.09. The molecule has 1 aromatic carbocycles. The first-order valence-electron chi connectivity index (χ1n) is 5.04. The standard InChI is InChI=1S/C11H13ClO4S/c1-3-16-11(13)9-5-4-8(6-17(14)15)7(2)10(9)12/h4-5,17H,3,6H2,1-2H3. The van der Waals surface area contributed by atoms with Crippen LogP contribution >= 0.6 is 11.6 Å². The van der Waals surface area contributed by atoms with Crippen LogP contribution in [0.1, 0.15) is 28.4 Å². The van der Waals surface area contributed by atoms with Crippen LogP contribution in [0.2, 0.25) is 5.02 Å². The van der Waals surface area contributed by atoms with Gasteiger partial charge in [0.05, 0.1) is 22.9 Å². The number of carbonyl (C=O) groups excluding carboxylic acids is 1. The van der Waals surface area contributed by atoms with Crippen molar-refractivity contribution in [2.45, 2.75) is 19.6 Å². The van der Waals surface area contributed by atoms with Crippen molar-refractivity contribution in [2.24, 2.45) is 0 Å². The van der Waals surface area contributed by atoms with Crippen molar-refractivity contribution in [1.82, 2.24) is 0 Å². The van der Waals surface area contributed by atoms with Crippen molar-refractivity contribution in [1.29, 1.82) is 0 Å². The van der Waals surface area contributed by atoms with E-state index in [0.717, 1.165) is 0 Å². The molecule has 0 unspecified atom stereocenters. The van der Waals surface area contributed by atoms with Crippen molar-refractivity contribution >= 4 is 28.3 Å². The molecule has 0 saturated carbocycles. The van der Waals surface area contributed by atoms with Gasteiger partial charge in [0, 0.05) is 0 Å². The van der Waals surface area contributed by atoms with Crippen molar-refractivity contribution in [3.63, 3.8) is 0 Å². The predicted octanol–water partition coefficient (Wildman–Crippen LogP) is 1.94. The van der Waals surface area contributed by atoms with Gasteiger partial charge in [0.15, 0.2) is 0 Å². The minimum atomic E-state index is -2.51. The molecule has 0 radical (unpaired) electrons. The van der Waals surface area contributed by atoms with E-state index >= 15 is 0 Å². The summed E-state index contributed by atoms with van der Waals surface area (Å²) in [5.74, 6) is -0.581. The highest BCUT2D eigenvalue weighted by Crippen LogP contribution is 2.25. The van der Waals surface area contributed by atoms with E-state index in [1.165, 1.54) is 6.07 Å². The quantitative estimate of drug-likeness (QED) is 0.674. The minimum absolute atomic E-state index is 0.0794. The molecular weight excluding hydrogens is 264 g/mol. The van der Waals surface area contributed by atoms with E-state index in [4.69, 9.17) is 16.3 Å². The summed E-state index contributed by atoms with van der Waals surface area (Å²) >= 11 is 6.01. The Balaban J connectivity index is 3.14. The lowest BCUT2D eigenvalue weighted by molar-refractivity contribution is 0.0526. The first-order chi connectivity index (χ1) is 7.97. The molecule has 0 bridgehead atoms. The summed E-state index contributed by atoms with van der Waals surface area (Å²) in [5.41, 5.74) is 1.45. The second-order valence-electron chi connectivity index (χ2n) is 3.42. The molecule has 0 atom stereocenters. The average molecular weight is 277 g/mol. The Bertz CT molecular complexity index is 500. The topological polar surface area (TPSA) is 60.4 Å². The van der Waals surface area contributed by atoms with Crippen LogP contribution in [0.15, 0.2) is 12.1 Å². The lowest BCUT2D eigenvalue weighted by Crippen LogP contribution is -2.07. The third-order valence-electron chi connectivity index (χ3n) is 2.29. The van der Waals surface area contributed by atoms with E-state index in [1.807, 2.05) is 0 Å². The van der Waals surface area contributed by atoms with E-state index in [1.54, 1.807) is 19.9 Å². The minimum Gasteiger partial charge on any atom is -0.462 e. The molecule has 4 nitrogen and oxygen atoms in total. The molecule has 0 N–H and O–H groups in total. The van der Waals surface area contributed by atoms with Crippen LogP contribution in [0, 0.1) is 6.92 Å². The van der Waals surface area contributed by atoms with Crippen molar-refractivity contribution in [3.8, 4) is 0 Å². The third kappa shape index (κ3) is 3.44. The van der Waals surface area contributed by atoms with Gasteiger partial charge in [-0.2, -0.15) is 0 Å². The van der Waals surface area contributed by atoms with Gasteiger partial charge in [-0.3, -0.25) is 0 Å². The van der Waals surface area contributed by atoms with E-state index < -0.39 is 16.7 Å². The maximum absolute atomic E-state index is 11.5.